The van der Waals surface area contributed by atoms with Crippen LogP contribution in [0.4, 0.5) is 0 Å². The van der Waals surface area contributed by atoms with E-state index in [0.29, 0.717) is 19.4 Å². The molecule has 0 bridgehead atoms. The fraction of sp³-hybridized carbons (Fsp3) is 0.959. The summed E-state index contributed by atoms with van der Waals surface area (Å²) in [6.07, 6.45) is 52.5. The van der Waals surface area contributed by atoms with Gasteiger partial charge in [-0.25, -0.2) is 0 Å². The lowest BCUT2D eigenvalue weighted by Crippen LogP contribution is -2.18. The summed E-state index contributed by atoms with van der Waals surface area (Å²) in [5.74, 6) is 0.0370. The molecule has 316 valence electrons. The molecule has 0 fully saturated rings. The molecule has 0 rings (SSSR count). The first-order valence-electron chi connectivity index (χ1n) is 24.5. The molecule has 0 aliphatic carbocycles. The van der Waals surface area contributed by atoms with Crippen LogP contribution in [-0.4, -0.2) is 24.6 Å². The van der Waals surface area contributed by atoms with Crippen LogP contribution in [-0.2, 0) is 19.1 Å². The second-order valence-electron chi connectivity index (χ2n) is 16.8. The third-order valence-electron chi connectivity index (χ3n) is 11.3. The molecule has 0 saturated carbocycles. The number of esters is 2. The molecule has 0 aliphatic rings. The van der Waals surface area contributed by atoms with Gasteiger partial charge in [0.25, 0.3) is 0 Å². The van der Waals surface area contributed by atoms with Crippen LogP contribution in [0.25, 0.3) is 0 Å². The Morgan fingerprint density at radius 2 is 0.585 bits per heavy atom. The summed E-state index contributed by atoms with van der Waals surface area (Å²) < 4.78 is 11.5. The molecule has 4 heteroatoms. The van der Waals surface area contributed by atoms with E-state index >= 15 is 0 Å². The fourth-order valence-electron chi connectivity index (χ4n) is 7.67. The van der Waals surface area contributed by atoms with Gasteiger partial charge in [-0.15, -0.1) is 0 Å². The molecule has 53 heavy (non-hydrogen) atoms. The zero-order chi connectivity index (χ0) is 38.6. The number of hydrogen-bond donors (Lipinski definition) is 0. The van der Waals surface area contributed by atoms with E-state index in [1.165, 1.54) is 205 Å². The first-order chi connectivity index (χ1) is 26.1. The minimum atomic E-state index is -0.00293. The third-order valence-corrected chi connectivity index (χ3v) is 11.3. The largest absolute Gasteiger partial charge is 0.466 e. The lowest BCUT2D eigenvalue weighted by Gasteiger charge is -2.18. The van der Waals surface area contributed by atoms with Crippen molar-refractivity contribution in [3.63, 3.8) is 0 Å². The van der Waals surface area contributed by atoms with Crippen molar-refractivity contribution in [3.05, 3.63) is 0 Å². The summed E-state index contributed by atoms with van der Waals surface area (Å²) in [6.45, 7) is 7.42. The Bertz CT molecular complexity index is 721. The molecule has 0 aromatic rings. The first kappa shape index (κ1) is 51.9. The normalized spacial score (nSPS) is 12.0. The van der Waals surface area contributed by atoms with Gasteiger partial charge in [0.1, 0.15) is 6.10 Å². The van der Waals surface area contributed by atoms with E-state index in [-0.39, 0.29) is 18.0 Å². The second kappa shape index (κ2) is 45.3. The summed E-state index contributed by atoms with van der Waals surface area (Å²) in [7, 11) is 0. The van der Waals surface area contributed by atoms with Crippen LogP contribution < -0.4 is 0 Å². The van der Waals surface area contributed by atoms with Crippen LogP contribution in [0.1, 0.15) is 290 Å². The van der Waals surface area contributed by atoms with Crippen LogP contribution >= 0.6 is 0 Å². The highest BCUT2D eigenvalue weighted by Gasteiger charge is 2.14. The van der Waals surface area contributed by atoms with E-state index in [1.54, 1.807) is 0 Å². The van der Waals surface area contributed by atoms with Crippen molar-refractivity contribution in [2.24, 2.45) is 0 Å². The Morgan fingerprint density at radius 3 is 0.943 bits per heavy atom. The number of unbranched alkanes of at least 4 members (excludes halogenated alkanes) is 34. The molecule has 0 aromatic carbocycles. The molecule has 1 atom stereocenters. The summed E-state index contributed by atoms with van der Waals surface area (Å²) in [5.41, 5.74) is 0. The van der Waals surface area contributed by atoms with Gasteiger partial charge in [-0.05, 0) is 44.9 Å². The monoisotopic (exact) mass is 749 g/mol. The number of rotatable bonds is 45. The molecular weight excluding hydrogens is 653 g/mol. The maximum Gasteiger partial charge on any atom is 0.306 e. The van der Waals surface area contributed by atoms with Crippen molar-refractivity contribution in [2.45, 2.75) is 297 Å². The molecule has 0 amide bonds. The van der Waals surface area contributed by atoms with Crippen LogP contribution in [0, 0.1) is 0 Å². The van der Waals surface area contributed by atoms with Crippen molar-refractivity contribution in [1.29, 1.82) is 0 Å². The van der Waals surface area contributed by atoms with E-state index < -0.39 is 0 Å². The van der Waals surface area contributed by atoms with Crippen LogP contribution in [0.15, 0.2) is 0 Å². The zero-order valence-electron chi connectivity index (χ0n) is 36.6. The molecular formula is C49H96O4. The average Bonchev–Trinajstić information content (AvgIpc) is 3.15. The Balaban J connectivity index is 3.73. The topological polar surface area (TPSA) is 52.6 Å². The molecule has 0 radical (unpaired) electrons. The third kappa shape index (κ3) is 43.5. The predicted molar refractivity (Wildman–Crippen MR) is 232 cm³/mol. The van der Waals surface area contributed by atoms with Gasteiger partial charge in [-0.3, -0.25) is 9.59 Å². The molecule has 0 aliphatic heterocycles. The zero-order valence-corrected chi connectivity index (χ0v) is 36.6. The number of carbonyl (C=O) groups is 2. The predicted octanol–water partition coefficient (Wildman–Crippen LogP) is 16.9. The lowest BCUT2D eigenvalue weighted by molar-refractivity contribution is -0.150. The molecule has 0 saturated heterocycles. The summed E-state index contributed by atoms with van der Waals surface area (Å²) >= 11 is 0. The molecule has 4 nitrogen and oxygen atoms in total. The highest BCUT2D eigenvalue weighted by Crippen LogP contribution is 2.19. The number of ether oxygens (including phenoxy) is 2. The standard InChI is InChI=1S/C49H96O4/c1-4-7-10-13-15-17-19-20-21-22-23-25-31-35-40-45-49(51)53-47(42-37-12-9-6-3)43-38-33-29-26-27-30-34-39-44-48(50)52-46-41-36-32-28-24-18-16-14-11-8-5-2/h47H,4-46H2,1-3H3. The maximum atomic E-state index is 12.7. The second-order valence-corrected chi connectivity index (χ2v) is 16.8. The van der Waals surface area contributed by atoms with Gasteiger partial charge < -0.3 is 9.47 Å². The van der Waals surface area contributed by atoms with Gasteiger partial charge in [-0.2, -0.15) is 0 Å². The first-order valence-corrected chi connectivity index (χ1v) is 24.5. The van der Waals surface area contributed by atoms with Gasteiger partial charge in [0.2, 0.25) is 0 Å². The molecule has 0 N–H and O–H groups in total. The number of carbonyl (C=O) groups excluding carboxylic acids is 2. The summed E-state index contributed by atoms with van der Waals surface area (Å²) in [4.78, 5) is 24.7. The van der Waals surface area contributed by atoms with Crippen molar-refractivity contribution >= 4 is 11.9 Å². The van der Waals surface area contributed by atoms with Gasteiger partial charge in [-0.1, -0.05) is 233 Å². The average molecular weight is 749 g/mol. The van der Waals surface area contributed by atoms with E-state index in [0.717, 1.165) is 51.4 Å². The van der Waals surface area contributed by atoms with E-state index in [2.05, 4.69) is 20.8 Å². The lowest BCUT2D eigenvalue weighted by atomic mass is 10.0. The quantitative estimate of drug-likeness (QED) is 0.0460. The van der Waals surface area contributed by atoms with Gasteiger partial charge in [0, 0.05) is 12.8 Å². The van der Waals surface area contributed by atoms with Crippen molar-refractivity contribution in [3.8, 4) is 0 Å². The van der Waals surface area contributed by atoms with E-state index in [4.69, 9.17) is 9.47 Å². The minimum absolute atomic E-state index is 0.00293. The van der Waals surface area contributed by atoms with E-state index in [9.17, 15) is 9.59 Å². The van der Waals surface area contributed by atoms with Crippen molar-refractivity contribution < 1.29 is 19.1 Å². The Labute approximate surface area is 333 Å². The van der Waals surface area contributed by atoms with Gasteiger partial charge in [0.05, 0.1) is 6.61 Å². The fourth-order valence-corrected chi connectivity index (χ4v) is 7.67. The molecule has 1 unspecified atom stereocenters. The number of hydrogen-bond acceptors (Lipinski definition) is 4. The van der Waals surface area contributed by atoms with Gasteiger partial charge in [0.15, 0.2) is 0 Å². The summed E-state index contributed by atoms with van der Waals surface area (Å²) in [5, 5.41) is 0. The Kier molecular flexibility index (Phi) is 44.4. The Hall–Kier alpha value is -1.06. The van der Waals surface area contributed by atoms with Crippen LogP contribution in [0.3, 0.4) is 0 Å². The van der Waals surface area contributed by atoms with Crippen LogP contribution in [0.2, 0.25) is 0 Å². The SMILES string of the molecule is CCCCCCCCCCCCCCCCCC(=O)OC(CCCCCC)CCCCCCCCCCC(=O)OCCCCCCCCCCCCC. The highest BCUT2D eigenvalue weighted by molar-refractivity contribution is 5.69. The minimum Gasteiger partial charge on any atom is -0.466 e. The van der Waals surface area contributed by atoms with Crippen molar-refractivity contribution in [1.82, 2.24) is 0 Å². The van der Waals surface area contributed by atoms with Crippen LogP contribution in [0.5, 0.6) is 0 Å². The molecule has 0 aromatic heterocycles. The maximum absolute atomic E-state index is 12.7. The molecule has 0 heterocycles. The van der Waals surface area contributed by atoms with Crippen molar-refractivity contribution in [2.75, 3.05) is 6.61 Å². The highest BCUT2D eigenvalue weighted by atomic mass is 16.5. The molecule has 0 spiro atoms. The summed E-state index contributed by atoms with van der Waals surface area (Å²) in [6, 6.07) is 0. The van der Waals surface area contributed by atoms with Gasteiger partial charge >= 0.3 is 11.9 Å². The smallest absolute Gasteiger partial charge is 0.306 e. The van der Waals surface area contributed by atoms with E-state index in [1.807, 2.05) is 0 Å². The Morgan fingerprint density at radius 1 is 0.321 bits per heavy atom.